The number of benzene rings is 1. The van der Waals surface area contributed by atoms with E-state index in [9.17, 15) is 4.79 Å². The van der Waals surface area contributed by atoms with Crippen molar-refractivity contribution in [1.82, 2.24) is 15.5 Å². The van der Waals surface area contributed by atoms with Crippen LogP contribution in [0.1, 0.15) is 28.4 Å². The minimum atomic E-state index is -0.136. The zero-order valence-corrected chi connectivity index (χ0v) is 12.4. The smallest absolute Gasteiger partial charge is 0.269 e. The Morgan fingerprint density at radius 1 is 1.14 bits per heavy atom. The largest absolute Gasteiger partial charge is 0.493 e. The minimum absolute atomic E-state index is 0.0902. The molecule has 3 N–H and O–H groups in total. The molecular weight excluding hydrogens is 270 g/mol. The van der Waals surface area contributed by atoms with Gasteiger partial charge in [0.2, 0.25) is 0 Å². The number of aryl methyl sites for hydroxylation is 1. The number of aromatic amines is 2. The molecule has 0 aliphatic carbocycles. The van der Waals surface area contributed by atoms with E-state index in [1.165, 1.54) is 5.56 Å². The fourth-order valence-electron chi connectivity index (χ4n) is 2.94. The maximum atomic E-state index is 12.0. The number of hydrogen-bond acceptors (Lipinski definition) is 4. The Bertz CT molecular complexity index is 717. The molecule has 1 aliphatic heterocycles. The summed E-state index contributed by atoms with van der Waals surface area (Å²) in [5.74, 6) is 1.39. The minimum Gasteiger partial charge on any atom is -0.493 e. The van der Waals surface area contributed by atoms with Gasteiger partial charge in [0, 0.05) is 12.2 Å². The van der Waals surface area contributed by atoms with E-state index in [-0.39, 0.29) is 11.6 Å². The Balaban J connectivity index is 2.16. The Labute approximate surface area is 122 Å². The van der Waals surface area contributed by atoms with Gasteiger partial charge in [0.05, 0.1) is 25.8 Å². The maximum Gasteiger partial charge on any atom is 0.269 e. The highest BCUT2D eigenvalue weighted by Gasteiger charge is 2.27. The lowest BCUT2D eigenvalue weighted by Gasteiger charge is -2.27. The van der Waals surface area contributed by atoms with Crippen molar-refractivity contribution in [3.8, 4) is 11.5 Å². The molecule has 3 rings (SSSR count). The number of rotatable bonds is 3. The number of methoxy groups -OCH3 is 2. The summed E-state index contributed by atoms with van der Waals surface area (Å²) in [6, 6.07) is 3.82. The Morgan fingerprint density at radius 3 is 2.48 bits per heavy atom. The summed E-state index contributed by atoms with van der Waals surface area (Å²) in [5.41, 5.74) is 3.72. The first kappa shape index (κ1) is 13.8. The highest BCUT2D eigenvalue weighted by atomic mass is 16.5. The molecule has 6 heteroatoms. The molecule has 6 nitrogen and oxygen atoms in total. The number of fused-ring (bicyclic) bond motifs is 1. The fourth-order valence-corrected chi connectivity index (χ4v) is 2.94. The summed E-state index contributed by atoms with van der Waals surface area (Å²) < 4.78 is 10.7. The van der Waals surface area contributed by atoms with Crippen LogP contribution in [0.15, 0.2) is 16.9 Å². The van der Waals surface area contributed by atoms with Crippen LogP contribution in [0.3, 0.4) is 0 Å². The van der Waals surface area contributed by atoms with Gasteiger partial charge in [-0.15, -0.1) is 0 Å². The predicted molar refractivity (Wildman–Crippen MR) is 79.2 cm³/mol. The molecule has 112 valence electrons. The van der Waals surface area contributed by atoms with Crippen LogP contribution in [-0.2, 0) is 6.42 Å². The normalized spacial score (nSPS) is 17.4. The van der Waals surface area contributed by atoms with Gasteiger partial charge in [-0.05, 0) is 36.6 Å². The molecule has 0 spiro atoms. The molecule has 1 aromatic carbocycles. The van der Waals surface area contributed by atoms with E-state index < -0.39 is 0 Å². The van der Waals surface area contributed by atoms with Crippen molar-refractivity contribution in [2.24, 2.45) is 0 Å². The van der Waals surface area contributed by atoms with Gasteiger partial charge in [0.15, 0.2) is 11.5 Å². The van der Waals surface area contributed by atoms with Crippen LogP contribution in [0.5, 0.6) is 11.5 Å². The lowest BCUT2D eigenvalue weighted by molar-refractivity contribution is 0.353. The zero-order valence-electron chi connectivity index (χ0n) is 12.4. The van der Waals surface area contributed by atoms with Gasteiger partial charge >= 0.3 is 0 Å². The Hall–Kier alpha value is -2.21. The van der Waals surface area contributed by atoms with Crippen molar-refractivity contribution >= 4 is 0 Å². The third-order valence-corrected chi connectivity index (χ3v) is 4.00. The molecule has 0 bridgehead atoms. The lowest BCUT2D eigenvalue weighted by atomic mass is 9.89. The van der Waals surface area contributed by atoms with Gasteiger partial charge in [0.1, 0.15) is 0 Å². The average molecular weight is 289 g/mol. The third kappa shape index (κ3) is 2.21. The van der Waals surface area contributed by atoms with Crippen molar-refractivity contribution < 1.29 is 9.47 Å². The van der Waals surface area contributed by atoms with E-state index in [1.54, 1.807) is 14.2 Å². The number of nitrogens with one attached hydrogen (secondary N) is 3. The predicted octanol–water partition coefficient (Wildman–Crippen LogP) is 1.26. The Kier molecular flexibility index (Phi) is 3.47. The van der Waals surface area contributed by atoms with Crippen molar-refractivity contribution in [2.45, 2.75) is 19.4 Å². The number of ether oxygens (including phenoxy) is 2. The molecule has 1 aliphatic rings. The molecule has 0 saturated carbocycles. The first-order valence-electron chi connectivity index (χ1n) is 6.91. The van der Waals surface area contributed by atoms with E-state index in [4.69, 9.17) is 9.47 Å². The summed E-state index contributed by atoms with van der Waals surface area (Å²) in [4.78, 5) is 12.0. The van der Waals surface area contributed by atoms with E-state index in [2.05, 4.69) is 15.5 Å². The highest BCUT2D eigenvalue weighted by Crippen LogP contribution is 2.37. The van der Waals surface area contributed by atoms with Gasteiger partial charge in [-0.2, -0.15) is 0 Å². The molecule has 0 unspecified atom stereocenters. The molecule has 0 amide bonds. The number of aromatic nitrogens is 2. The zero-order chi connectivity index (χ0) is 15.0. The summed E-state index contributed by atoms with van der Waals surface area (Å²) in [7, 11) is 3.24. The molecule has 2 heterocycles. The monoisotopic (exact) mass is 289 g/mol. The second kappa shape index (κ2) is 5.29. The second-order valence-electron chi connectivity index (χ2n) is 5.16. The van der Waals surface area contributed by atoms with Crippen LogP contribution in [0.4, 0.5) is 0 Å². The van der Waals surface area contributed by atoms with Crippen LogP contribution in [-0.4, -0.2) is 31.0 Å². The van der Waals surface area contributed by atoms with E-state index in [0.717, 1.165) is 35.5 Å². The quantitative estimate of drug-likeness (QED) is 0.795. The van der Waals surface area contributed by atoms with Crippen LogP contribution in [0.25, 0.3) is 0 Å². The van der Waals surface area contributed by atoms with Crippen molar-refractivity contribution in [2.75, 3.05) is 20.8 Å². The van der Waals surface area contributed by atoms with Crippen LogP contribution in [0.2, 0.25) is 0 Å². The van der Waals surface area contributed by atoms with E-state index in [1.807, 2.05) is 19.1 Å². The molecule has 1 aromatic heterocycles. The molecule has 21 heavy (non-hydrogen) atoms. The molecule has 2 aromatic rings. The SMILES string of the molecule is COc1cc2c(cc1OC)[C@H](c1c(C)[nH][nH]c1=O)NCC2. The van der Waals surface area contributed by atoms with E-state index in [0.29, 0.717) is 5.75 Å². The second-order valence-corrected chi connectivity index (χ2v) is 5.16. The Morgan fingerprint density at radius 2 is 1.86 bits per heavy atom. The van der Waals surface area contributed by atoms with Crippen LogP contribution in [0, 0.1) is 6.92 Å². The number of hydrogen-bond donors (Lipinski definition) is 3. The van der Waals surface area contributed by atoms with Gasteiger partial charge in [-0.25, -0.2) is 0 Å². The van der Waals surface area contributed by atoms with E-state index >= 15 is 0 Å². The first-order chi connectivity index (χ1) is 10.2. The van der Waals surface area contributed by atoms with Crippen LogP contribution < -0.4 is 20.3 Å². The summed E-state index contributed by atoms with van der Waals surface area (Å²) in [6.07, 6.45) is 0.896. The molecule has 0 saturated heterocycles. The number of H-pyrrole nitrogens is 2. The standard InChI is InChI=1S/C15H19N3O3/c1-8-13(15(19)18-17-8)14-10-7-12(21-3)11(20-2)6-9(10)4-5-16-14/h6-7,14,16H,4-5H2,1-3H3,(H2,17,18,19)/t14-/m1/s1. The maximum absolute atomic E-state index is 12.0. The molecule has 1 atom stereocenters. The summed E-state index contributed by atoms with van der Waals surface area (Å²) >= 11 is 0. The third-order valence-electron chi connectivity index (χ3n) is 4.00. The van der Waals surface area contributed by atoms with Gasteiger partial charge in [-0.3, -0.25) is 9.89 Å². The van der Waals surface area contributed by atoms with Crippen molar-refractivity contribution in [3.63, 3.8) is 0 Å². The first-order valence-corrected chi connectivity index (χ1v) is 6.91. The average Bonchev–Trinajstić information content (AvgIpc) is 2.84. The highest BCUT2D eigenvalue weighted by molar-refractivity contribution is 5.51. The molecule has 0 radical (unpaired) electrons. The topological polar surface area (TPSA) is 79.1 Å². The summed E-state index contributed by atoms with van der Waals surface area (Å²) in [6.45, 7) is 2.71. The molecular formula is C15H19N3O3. The van der Waals surface area contributed by atoms with Gasteiger partial charge < -0.3 is 19.9 Å². The van der Waals surface area contributed by atoms with Crippen molar-refractivity contribution in [3.05, 3.63) is 44.9 Å². The summed E-state index contributed by atoms with van der Waals surface area (Å²) in [5, 5.41) is 8.93. The van der Waals surface area contributed by atoms with Crippen molar-refractivity contribution in [1.29, 1.82) is 0 Å². The fraction of sp³-hybridized carbons (Fsp3) is 0.400. The molecule has 0 fully saturated rings. The van der Waals surface area contributed by atoms with Gasteiger partial charge in [0.25, 0.3) is 5.56 Å². The van der Waals surface area contributed by atoms with Crippen LogP contribution >= 0.6 is 0 Å². The van der Waals surface area contributed by atoms with Gasteiger partial charge in [-0.1, -0.05) is 0 Å². The lowest BCUT2D eigenvalue weighted by Crippen LogP contribution is -2.33.